The summed E-state index contributed by atoms with van der Waals surface area (Å²) in [5, 5.41) is 0. The molecule has 0 saturated carbocycles. The van der Waals surface area contributed by atoms with E-state index in [1.165, 1.54) is 60.8 Å². The molecule has 0 spiro atoms. The lowest BCUT2D eigenvalue weighted by Crippen LogP contribution is -2.17. The van der Waals surface area contributed by atoms with Crippen LogP contribution in [0.15, 0.2) is 36.4 Å². The summed E-state index contributed by atoms with van der Waals surface area (Å²) >= 11 is 0. The fraction of sp³-hybridized carbons (Fsp3) is 0.683. The second kappa shape index (κ2) is 16.3. The Morgan fingerprint density at radius 1 is 0.500 bits per heavy atom. The molecule has 0 aromatic heterocycles. The van der Waals surface area contributed by atoms with E-state index in [0.29, 0.717) is 13.0 Å². The Morgan fingerprint density at radius 2 is 0.864 bits per heavy atom. The van der Waals surface area contributed by atoms with Crippen LogP contribution in [-0.2, 0) is 37.8 Å². The summed E-state index contributed by atoms with van der Waals surface area (Å²) in [4.78, 5) is 12.4. The minimum Gasteiger partial charge on any atom is -0.494 e. The van der Waals surface area contributed by atoms with Crippen molar-refractivity contribution in [2.24, 2.45) is 0 Å². The Labute approximate surface area is 271 Å². The molecule has 0 amide bonds. The number of hydrogen-bond acceptors (Lipinski definition) is 3. The van der Waals surface area contributed by atoms with Crippen molar-refractivity contribution >= 4 is 5.97 Å². The van der Waals surface area contributed by atoms with Gasteiger partial charge in [-0.1, -0.05) is 152 Å². The van der Waals surface area contributed by atoms with Crippen LogP contribution in [0.4, 0.5) is 0 Å². The fourth-order valence-electron chi connectivity index (χ4n) is 5.22. The summed E-state index contributed by atoms with van der Waals surface area (Å²) < 4.78 is 11.9. The van der Waals surface area contributed by atoms with Crippen LogP contribution in [0.2, 0.25) is 0 Å². The van der Waals surface area contributed by atoms with Crippen molar-refractivity contribution in [3.63, 3.8) is 0 Å². The Morgan fingerprint density at radius 3 is 1.27 bits per heavy atom. The number of carbonyl (C=O) groups is 1. The first-order valence-electron chi connectivity index (χ1n) is 17.4. The molecule has 0 heterocycles. The Hall–Kier alpha value is -2.29. The molecule has 0 N–H and O–H groups in total. The summed E-state index contributed by atoms with van der Waals surface area (Å²) in [6.45, 7) is 28.1. The number of esters is 1. The van der Waals surface area contributed by atoms with Crippen molar-refractivity contribution in [2.45, 2.75) is 176 Å². The van der Waals surface area contributed by atoms with Gasteiger partial charge in [-0.25, -0.2) is 0 Å². The highest BCUT2D eigenvalue weighted by atomic mass is 16.5. The number of unbranched alkanes of at least 4 members (excludes halogenated alkanes) is 8. The van der Waals surface area contributed by atoms with Gasteiger partial charge in [-0.2, -0.15) is 0 Å². The van der Waals surface area contributed by atoms with E-state index < -0.39 is 0 Å². The summed E-state index contributed by atoms with van der Waals surface area (Å²) in [5.74, 6) is 0.932. The maximum atomic E-state index is 12.4. The van der Waals surface area contributed by atoms with Crippen molar-refractivity contribution in [1.29, 1.82) is 0 Å². The fourth-order valence-corrected chi connectivity index (χ4v) is 5.22. The van der Waals surface area contributed by atoms with E-state index >= 15 is 0 Å². The van der Waals surface area contributed by atoms with Crippen LogP contribution in [0.25, 0.3) is 0 Å². The van der Waals surface area contributed by atoms with Gasteiger partial charge < -0.3 is 9.47 Å². The lowest BCUT2D eigenvalue weighted by molar-refractivity contribution is -0.145. The van der Waals surface area contributed by atoms with Crippen LogP contribution in [0.5, 0.6) is 5.75 Å². The molecule has 0 aliphatic carbocycles. The van der Waals surface area contributed by atoms with Gasteiger partial charge in [0.05, 0.1) is 6.61 Å². The lowest BCUT2D eigenvalue weighted by Gasteiger charge is -2.26. The smallest absolute Gasteiger partial charge is 0.306 e. The van der Waals surface area contributed by atoms with Crippen molar-refractivity contribution in [3.8, 4) is 5.75 Å². The van der Waals surface area contributed by atoms with Crippen LogP contribution in [0.3, 0.4) is 0 Å². The van der Waals surface area contributed by atoms with Crippen LogP contribution >= 0.6 is 0 Å². The lowest BCUT2D eigenvalue weighted by atomic mass is 9.79. The number of benzene rings is 2. The number of hydrogen-bond donors (Lipinski definition) is 0. The molecule has 0 saturated heterocycles. The van der Waals surface area contributed by atoms with Gasteiger partial charge in [0.25, 0.3) is 0 Å². The maximum absolute atomic E-state index is 12.4. The molecular weight excluding hydrogens is 540 g/mol. The standard InChI is InChI=1S/C41H66O3/c1-38(2,3)32-24-31(25-33(26-32)39(4,5)6)30-44-37(42)22-20-18-16-14-13-15-17-19-21-23-43-36-28-34(40(7,8)9)27-35(29-36)41(10,11)12/h24-29H,13-23,30H2,1-12H3. The van der Waals surface area contributed by atoms with E-state index in [0.717, 1.165) is 37.2 Å². The molecule has 0 aliphatic rings. The second-order valence-electron chi connectivity index (χ2n) is 17.1. The summed E-state index contributed by atoms with van der Waals surface area (Å²) in [6.07, 6.45) is 11.1. The molecule has 0 aliphatic heterocycles. The van der Waals surface area contributed by atoms with E-state index in [1.54, 1.807) is 0 Å². The van der Waals surface area contributed by atoms with Gasteiger partial charge in [0.15, 0.2) is 0 Å². The average molecular weight is 607 g/mol. The molecule has 0 unspecified atom stereocenters. The Balaban J connectivity index is 1.59. The van der Waals surface area contributed by atoms with Crippen molar-refractivity contribution in [3.05, 3.63) is 64.2 Å². The van der Waals surface area contributed by atoms with Gasteiger partial charge >= 0.3 is 5.97 Å². The van der Waals surface area contributed by atoms with E-state index in [4.69, 9.17) is 9.47 Å². The van der Waals surface area contributed by atoms with Gasteiger partial charge in [-0.15, -0.1) is 0 Å². The van der Waals surface area contributed by atoms with Crippen LogP contribution in [0, 0.1) is 0 Å². The van der Waals surface area contributed by atoms with E-state index in [9.17, 15) is 4.79 Å². The molecule has 2 rings (SSSR count). The third-order valence-electron chi connectivity index (χ3n) is 8.56. The summed E-state index contributed by atoms with van der Waals surface area (Å²) in [6, 6.07) is 13.5. The average Bonchev–Trinajstić information content (AvgIpc) is 2.90. The minimum absolute atomic E-state index is 0.0598. The molecule has 248 valence electrons. The molecule has 3 heteroatoms. The number of ether oxygens (including phenoxy) is 2. The molecule has 44 heavy (non-hydrogen) atoms. The maximum Gasteiger partial charge on any atom is 0.306 e. The van der Waals surface area contributed by atoms with Crippen molar-refractivity contribution in [2.75, 3.05) is 6.61 Å². The largest absolute Gasteiger partial charge is 0.494 e. The molecule has 0 bridgehead atoms. The highest BCUT2D eigenvalue weighted by Gasteiger charge is 2.22. The SMILES string of the molecule is CC(C)(C)c1cc(COC(=O)CCCCCCCCCCCOc2cc(C(C)(C)C)cc(C(C)(C)C)c2)cc(C(C)(C)C)c1. The zero-order chi connectivity index (χ0) is 33.2. The predicted molar refractivity (Wildman–Crippen MR) is 189 cm³/mol. The first kappa shape index (κ1) is 37.9. The van der Waals surface area contributed by atoms with Crippen molar-refractivity contribution < 1.29 is 14.3 Å². The normalized spacial score (nSPS) is 12.8. The second-order valence-corrected chi connectivity index (χ2v) is 17.1. The van der Waals surface area contributed by atoms with Crippen LogP contribution < -0.4 is 4.74 Å². The van der Waals surface area contributed by atoms with E-state index in [2.05, 4.69) is 119 Å². The highest BCUT2D eigenvalue weighted by Crippen LogP contribution is 2.33. The number of rotatable bonds is 15. The third-order valence-corrected chi connectivity index (χ3v) is 8.56. The molecule has 2 aromatic rings. The van der Waals surface area contributed by atoms with E-state index in [-0.39, 0.29) is 27.6 Å². The quantitative estimate of drug-likeness (QED) is 0.149. The van der Waals surface area contributed by atoms with E-state index in [1.807, 2.05) is 0 Å². The first-order valence-corrected chi connectivity index (χ1v) is 17.4. The van der Waals surface area contributed by atoms with Gasteiger partial charge in [0, 0.05) is 6.42 Å². The first-order chi connectivity index (χ1) is 20.3. The van der Waals surface area contributed by atoms with Gasteiger partial charge in [-0.05, 0) is 74.5 Å². The Bertz CT molecular complexity index is 1100. The number of carbonyl (C=O) groups excluding carboxylic acids is 1. The Kier molecular flexibility index (Phi) is 14.1. The molecule has 0 radical (unpaired) electrons. The summed E-state index contributed by atoms with van der Waals surface area (Å²) in [5.41, 5.74) is 6.70. The summed E-state index contributed by atoms with van der Waals surface area (Å²) in [7, 11) is 0. The molecular formula is C41H66O3. The van der Waals surface area contributed by atoms with Crippen molar-refractivity contribution in [1.82, 2.24) is 0 Å². The molecule has 3 nitrogen and oxygen atoms in total. The van der Waals surface area contributed by atoms with Gasteiger partial charge in [0.2, 0.25) is 0 Å². The molecule has 0 atom stereocenters. The zero-order valence-electron chi connectivity index (χ0n) is 30.7. The third kappa shape index (κ3) is 13.8. The minimum atomic E-state index is -0.0783. The van der Waals surface area contributed by atoms with Crippen LogP contribution in [0.1, 0.15) is 175 Å². The molecule has 0 fully saturated rings. The molecule has 2 aromatic carbocycles. The zero-order valence-corrected chi connectivity index (χ0v) is 30.7. The van der Waals surface area contributed by atoms with Gasteiger partial charge in [-0.3, -0.25) is 4.79 Å². The topological polar surface area (TPSA) is 35.5 Å². The van der Waals surface area contributed by atoms with Gasteiger partial charge in [0.1, 0.15) is 12.4 Å². The van der Waals surface area contributed by atoms with Crippen LogP contribution in [-0.4, -0.2) is 12.6 Å². The highest BCUT2D eigenvalue weighted by molar-refractivity contribution is 5.69. The monoisotopic (exact) mass is 607 g/mol. The predicted octanol–water partition coefficient (Wildman–Crippen LogP) is 11.9.